The number of Topliss-reactive ketones (excluding diaryl/α,β-unsaturated/α-hetero) is 1. The standard InChI is InChI=1S/C26H30O13/c27-9-19-20(31)21(32)22(39-25-23(33)26(34,10-28)11-35-25)24(38-19)36-14-4-1-12(2-5-14)17-8-16(30)15-6-3-13(29)7-18(15)37-17/h1-7,17,19-25,27-29,31-34H,8-11H2/t17-,19-,20-,21+,22-,23+,24-,25+,26-/m1/s1. The van der Waals surface area contributed by atoms with E-state index in [1.165, 1.54) is 18.2 Å². The molecular weight excluding hydrogens is 520 g/mol. The summed E-state index contributed by atoms with van der Waals surface area (Å²) in [7, 11) is 0. The molecule has 2 aromatic carbocycles. The smallest absolute Gasteiger partial charge is 0.229 e. The van der Waals surface area contributed by atoms with Crippen LogP contribution in [-0.4, -0.2) is 110 Å². The van der Waals surface area contributed by atoms with E-state index in [0.29, 0.717) is 11.1 Å². The fourth-order valence-electron chi connectivity index (χ4n) is 4.75. The van der Waals surface area contributed by atoms with Crippen LogP contribution in [0.15, 0.2) is 42.5 Å². The number of carbonyl (C=O) groups is 1. The lowest BCUT2D eigenvalue weighted by Gasteiger charge is -2.42. The third-order valence-electron chi connectivity index (χ3n) is 7.11. The SMILES string of the molecule is O=C1C[C@H](c2ccc(O[C@@H]3O[C@H](CO)[C@@H](O)[C@H](O)[C@H]3O[C@@H]3OC[C@](O)(CO)[C@H]3O)cc2)Oc2cc(O)ccc21. The molecule has 0 bridgehead atoms. The van der Waals surface area contributed by atoms with Gasteiger partial charge in [0, 0.05) is 6.07 Å². The third kappa shape index (κ3) is 5.33. The summed E-state index contributed by atoms with van der Waals surface area (Å²) < 4.78 is 28.3. The molecule has 212 valence electrons. The molecule has 2 fully saturated rings. The van der Waals surface area contributed by atoms with E-state index in [2.05, 4.69) is 0 Å². The minimum absolute atomic E-state index is 0.0275. The van der Waals surface area contributed by atoms with E-state index < -0.39 is 74.6 Å². The van der Waals surface area contributed by atoms with Gasteiger partial charge in [0.2, 0.25) is 6.29 Å². The molecule has 0 aromatic heterocycles. The van der Waals surface area contributed by atoms with Gasteiger partial charge in [-0.1, -0.05) is 12.1 Å². The number of aliphatic hydroxyl groups is 6. The van der Waals surface area contributed by atoms with Crippen molar-refractivity contribution in [3.05, 3.63) is 53.6 Å². The molecule has 13 heteroatoms. The number of aliphatic hydroxyl groups excluding tert-OH is 5. The highest BCUT2D eigenvalue weighted by atomic mass is 16.8. The minimum atomic E-state index is -1.98. The van der Waals surface area contributed by atoms with Crippen LogP contribution < -0.4 is 9.47 Å². The predicted molar refractivity (Wildman–Crippen MR) is 128 cm³/mol. The Morgan fingerprint density at radius 2 is 1.74 bits per heavy atom. The molecule has 13 nitrogen and oxygen atoms in total. The Labute approximate surface area is 222 Å². The van der Waals surface area contributed by atoms with Gasteiger partial charge >= 0.3 is 0 Å². The Hall–Kier alpha value is -2.85. The average molecular weight is 551 g/mol. The first-order chi connectivity index (χ1) is 18.6. The molecular formula is C26H30O13. The second-order valence-electron chi connectivity index (χ2n) is 9.79. The molecule has 5 rings (SSSR count). The summed E-state index contributed by atoms with van der Waals surface area (Å²) in [6.07, 6.45) is -10.9. The van der Waals surface area contributed by atoms with Crippen molar-refractivity contribution in [2.75, 3.05) is 19.8 Å². The zero-order valence-electron chi connectivity index (χ0n) is 20.6. The Bertz CT molecular complexity index is 1170. The lowest BCUT2D eigenvalue weighted by atomic mass is 9.96. The normalized spacial score (nSPS) is 36.3. The number of hydrogen-bond donors (Lipinski definition) is 7. The summed E-state index contributed by atoms with van der Waals surface area (Å²) >= 11 is 0. The molecule has 2 aromatic rings. The van der Waals surface area contributed by atoms with Crippen LogP contribution in [0.3, 0.4) is 0 Å². The van der Waals surface area contributed by atoms with Crippen LogP contribution in [0.4, 0.5) is 0 Å². The van der Waals surface area contributed by atoms with Gasteiger partial charge in [-0.3, -0.25) is 4.79 Å². The first kappa shape index (κ1) is 27.7. The number of hydrogen-bond acceptors (Lipinski definition) is 13. The summed E-state index contributed by atoms with van der Waals surface area (Å²) in [6.45, 7) is -1.88. The summed E-state index contributed by atoms with van der Waals surface area (Å²) in [5, 5.41) is 70.3. The van der Waals surface area contributed by atoms with Gasteiger partial charge in [-0.25, -0.2) is 0 Å². The highest BCUT2D eigenvalue weighted by Gasteiger charge is 2.53. The van der Waals surface area contributed by atoms with E-state index in [0.717, 1.165) is 0 Å². The van der Waals surface area contributed by atoms with Crippen LogP contribution in [0.2, 0.25) is 0 Å². The van der Waals surface area contributed by atoms with Crippen molar-refractivity contribution in [2.45, 2.75) is 61.2 Å². The summed E-state index contributed by atoms with van der Waals surface area (Å²) in [4.78, 5) is 12.5. The van der Waals surface area contributed by atoms with Crippen LogP contribution in [0.25, 0.3) is 0 Å². The van der Waals surface area contributed by atoms with Crippen LogP contribution >= 0.6 is 0 Å². The van der Waals surface area contributed by atoms with Crippen molar-refractivity contribution < 1.29 is 64.2 Å². The van der Waals surface area contributed by atoms with Gasteiger partial charge in [-0.2, -0.15) is 0 Å². The van der Waals surface area contributed by atoms with Gasteiger partial charge < -0.3 is 59.4 Å². The molecule has 3 heterocycles. The molecule has 2 saturated heterocycles. The van der Waals surface area contributed by atoms with Crippen LogP contribution in [0.1, 0.15) is 28.4 Å². The monoisotopic (exact) mass is 550 g/mol. The molecule has 39 heavy (non-hydrogen) atoms. The number of fused-ring (bicyclic) bond motifs is 1. The Balaban J connectivity index is 1.31. The van der Waals surface area contributed by atoms with E-state index in [-0.39, 0.29) is 29.5 Å². The van der Waals surface area contributed by atoms with Crippen molar-refractivity contribution in [3.8, 4) is 17.2 Å². The lowest BCUT2D eigenvalue weighted by Crippen LogP contribution is -2.62. The van der Waals surface area contributed by atoms with Gasteiger partial charge in [0.15, 0.2) is 18.2 Å². The zero-order valence-corrected chi connectivity index (χ0v) is 20.6. The highest BCUT2D eigenvalue weighted by Crippen LogP contribution is 2.38. The van der Waals surface area contributed by atoms with Crippen molar-refractivity contribution >= 4 is 5.78 Å². The third-order valence-corrected chi connectivity index (χ3v) is 7.11. The highest BCUT2D eigenvalue weighted by molar-refractivity contribution is 6.00. The zero-order chi connectivity index (χ0) is 27.9. The lowest BCUT2D eigenvalue weighted by molar-refractivity contribution is -0.318. The van der Waals surface area contributed by atoms with Crippen LogP contribution in [-0.2, 0) is 14.2 Å². The van der Waals surface area contributed by atoms with Gasteiger partial charge in [0.25, 0.3) is 0 Å². The quantitative estimate of drug-likeness (QED) is 0.215. The molecule has 0 saturated carbocycles. The van der Waals surface area contributed by atoms with Gasteiger partial charge in [-0.05, 0) is 29.8 Å². The topological polar surface area (TPSA) is 205 Å². The number of benzene rings is 2. The number of aromatic hydroxyl groups is 1. The first-order valence-electron chi connectivity index (χ1n) is 12.3. The molecule has 0 aliphatic carbocycles. The molecule has 3 aliphatic heterocycles. The first-order valence-corrected chi connectivity index (χ1v) is 12.3. The number of carbonyl (C=O) groups excluding carboxylic acids is 1. The number of phenols is 1. The molecule has 0 unspecified atom stereocenters. The van der Waals surface area contributed by atoms with Gasteiger partial charge in [0.1, 0.15) is 53.4 Å². The van der Waals surface area contributed by atoms with E-state index in [9.17, 15) is 40.5 Å². The predicted octanol–water partition coefficient (Wildman–Crippen LogP) is -1.26. The Morgan fingerprint density at radius 1 is 1.00 bits per heavy atom. The number of ketones is 1. The van der Waals surface area contributed by atoms with Crippen molar-refractivity contribution in [1.29, 1.82) is 0 Å². The molecule has 0 spiro atoms. The fourth-order valence-corrected chi connectivity index (χ4v) is 4.75. The Kier molecular flexibility index (Phi) is 7.79. The van der Waals surface area contributed by atoms with Crippen molar-refractivity contribution in [2.24, 2.45) is 0 Å². The van der Waals surface area contributed by atoms with Crippen molar-refractivity contribution in [1.82, 2.24) is 0 Å². The maximum Gasteiger partial charge on any atom is 0.229 e. The molecule has 0 radical (unpaired) electrons. The van der Waals surface area contributed by atoms with E-state index in [4.69, 9.17) is 23.7 Å². The minimum Gasteiger partial charge on any atom is -0.508 e. The fraction of sp³-hybridized carbons (Fsp3) is 0.500. The van der Waals surface area contributed by atoms with E-state index in [1.54, 1.807) is 24.3 Å². The van der Waals surface area contributed by atoms with Gasteiger partial charge in [-0.15, -0.1) is 0 Å². The number of rotatable bonds is 7. The number of phenolic OH excluding ortho intramolecular Hbond substituents is 1. The molecule has 9 atom stereocenters. The summed E-state index contributed by atoms with van der Waals surface area (Å²) in [5.41, 5.74) is -0.945. The summed E-state index contributed by atoms with van der Waals surface area (Å²) in [6, 6.07) is 10.7. The van der Waals surface area contributed by atoms with Crippen LogP contribution in [0.5, 0.6) is 17.2 Å². The second-order valence-corrected chi connectivity index (χ2v) is 9.79. The van der Waals surface area contributed by atoms with Gasteiger partial charge in [0.05, 0.1) is 31.8 Å². The van der Waals surface area contributed by atoms with E-state index >= 15 is 0 Å². The van der Waals surface area contributed by atoms with Crippen LogP contribution in [0, 0.1) is 0 Å². The molecule has 0 amide bonds. The number of ether oxygens (including phenoxy) is 5. The maximum absolute atomic E-state index is 12.5. The Morgan fingerprint density at radius 3 is 2.41 bits per heavy atom. The van der Waals surface area contributed by atoms with E-state index in [1.807, 2.05) is 0 Å². The molecule has 3 aliphatic rings. The summed E-state index contributed by atoms with van der Waals surface area (Å²) in [5.74, 6) is 0.348. The average Bonchev–Trinajstić information content (AvgIpc) is 3.21. The van der Waals surface area contributed by atoms with Crippen molar-refractivity contribution in [3.63, 3.8) is 0 Å². The molecule has 7 N–H and O–H groups in total. The second kappa shape index (κ2) is 11.0. The largest absolute Gasteiger partial charge is 0.508 e. The maximum atomic E-state index is 12.5.